The molecule has 0 saturated carbocycles. The predicted octanol–water partition coefficient (Wildman–Crippen LogP) is 1.78. The largest absolute Gasteiger partial charge is 0.399 e. The number of nitrogens with zero attached hydrogens (tertiary/aromatic N) is 3. The van der Waals surface area contributed by atoms with Crippen molar-refractivity contribution in [3.8, 4) is 0 Å². The Labute approximate surface area is 158 Å². The first kappa shape index (κ1) is 16.9. The zero-order valence-corrected chi connectivity index (χ0v) is 15.3. The maximum absolute atomic E-state index is 6.33. The highest BCUT2D eigenvalue weighted by molar-refractivity contribution is 5.49. The number of rotatable bonds is 1. The molecule has 7 heteroatoms. The van der Waals surface area contributed by atoms with E-state index in [4.69, 9.17) is 24.9 Å². The molecule has 5 rings (SSSR count). The van der Waals surface area contributed by atoms with E-state index in [-0.39, 0.29) is 0 Å². The number of nitrogens with two attached hydrogens (primary N) is 1. The molecule has 1 aromatic heterocycles. The highest BCUT2D eigenvalue weighted by atomic mass is 16.5. The van der Waals surface area contributed by atoms with E-state index >= 15 is 0 Å². The average molecular weight is 368 g/mol. The molecule has 1 spiro atoms. The van der Waals surface area contributed by atoms with Gasteiger partial charge < -0.3 is 24.8 Å². The summed E-state index contributed by atoms with van der Waals surface area (Å²) in [7, 11) is 0. The van der Waals surface area contributed by atoms with Crippen molar-refractivity contribution in [1.82, 2.24) is 9.97 Å². The second-order valence-corrected chi connectivity index (χ2v) is 7.46. The zero-order chi connectivity index (χ0) is 18.3. The lowest BCUT2D eigenvalue weighted by atomic mass is 9.82. The van der Waals surface area contributed by atoms with Gasteiger partial charge in [-0.3, -0.25) is 0 Å². The van der Waals surface area contributed by atoms with Crippen LogP contribution < -0.4 is 10.6 Å². The summed E-state index contributed by atoms with van der Waals surface area (Å²) < 4.78 is 17.8. The molecule has 142 valence electrons. The Morgan fingerprint density at radius 1 is 1.07 bits per heavy atom. The van der Waals surface area contributed by atoms with Crippen LogP contribution in [0.3, 0.4) is 0 Å². The zero-order valence-electron chi connectivity index (χ0n) is 15.3. The second-order valence-electron chi connectivity index (χ2n) is 7.46. The first-order valence-corrected chi connectivity index (χ1v) is 9.52. The van der Waals surface area contributed by atoms with Crippen molar-refractivity contribution in [3.63, 3.8) is 0 Å². The number of ether oxygens (including phenoxy) is 3. The number of benzene rings is 1. The van der Waals surface area contributed by atoms with E-state index in [9.17, 15) is 0 Å². The lowest BCUT2D eigenvalue weighted by Gasteiger charge is -2.41. The SMILES string of the molecule is Nc1ccc2c(c1)C1(COC2)Cc2nc(N3CCCOCC3)ncc2CO1. The first-order valence-electron chi connectivity index (χ1n) is 9.52. The van der Waals surface area contributed by atoms with Gasteiger partial charge in [0.25, 0.3) is 0 Å². The summed E-state index contributed by atoms with van der Waals surface area (Å²) in [6, 6.07) is 5.98. The summed E-state index contributed by atoms with van der Waals surface area (Å²) in [5.41, 5.74) is 10.6. The summed E-state index contributed by atoms with van der Waals surface area (Å²) >= 11 is 0. The molecule has 0 aliphatic carbocycles. The molecule has 0 bridgehead atoms. The van der Waals surface area contributed by atoms with E-state index in [1.54, 1.807) is 0 Å². The Kier molecular flexibility index (Phi) is 4.22. The summed E-state index contributed by atoms with van der Waals surface area (Å²) in [5, 5.41) is 0. The molecule has 7 nitrogen and oxygen atoms in total. The van der Waals surface area contributed by atoms with Gasteiger partial charge >= 0.3 is 0 Å². The van der Waals surface area contributed by atoms with Gasteiger partial charge in [0.15, 0.2) is 0 Å². The van der Waals surface area contributed by atoms with Crippen molar-refractivity contribution >= 4 is 11.6 Å². The maximum atomic E-state index is 6.33. The van der Waals surface area contributed by atoms with Crippen molar-refractivity contribution in [3.05, 3.63) is 46.8 Å². The fourth-order valence-electron chi connectivity index (χ4n) is 4.15. The van der Waals surface area contributed by atoms with Gasteiger partial charge in [-0.2, -0.15) is 0 Å². The molecule has 1 aromatic carbocycles. The Hall–Kier alpha value is -2.22. The summed E-state index contributed by atoms with van der Waals surface area (Å²) in [5.74, 6) is 0.779. The van der Waals surface area contributed by atoms with E-state index in [1.807, 2.05) is 24.4 Å². The molecular formula is C20H24N4O3. The third kappa shape index (κ3) is 3.05. The second kappa shape index (κ2) is 6.74. The Bertz CT molecular complexity index is 851. The third-order valence-electron chi connectivity index (χ3n) is 5.62. The predicted molar refractivity (Wildman–Crippen MR) is 100 cm³/mol. The Morgan fingerprint density at radius 3 is 3.00 bits per heavy atom. The normalized spacial score (nSPS) is 25.0. The monoisotopic (exact) mass is 368 g/mol. The highest BCUT2D eigenvalue weighted by Gasteiger charge is 2.42. The molecule has 3 aliphatic heterocycles. The summed E-state index contributed by atoms with van der Waals surface area (Å²) in [6.45, 7) is 4.85. The fourth-order valence-corrected chi connectivity index (χ4v) is 4.15. The smallest absolute Gasteiger partial charge is 0.225 e. The van der Waals surface area contributed by atoms with Crippen LogP contribution in [0, 0.1) is 0 Å². The molecule has 1 unspecified atom stereocenters. The summed E-state index contributed by atoms with van der Waals surface area (Å²) in [4.78, 5) is 11.7. The van der Waals surface area contributed by atoms with Gasteiger partial charge in [0.05, 0.1) is 32.1 Å². The minimum atomic E-state index is -0.524. The molecule has 0 radical (unpaired) electrons. The fraction of sp³-hybridized carbons (Fsp3) is 0.500. The molecule has 1 fully saturated rings. The number of anilines is 2. The van der Waals surface area contributed by atoms with E-state index in [0.29, 0.717) is 32.8 Å². The first-order chi connectivity index (χ1) is 13.2. The topological polar surface area (TPSA) is 82.7 Å². The standard InChI is InChI=1S/C20H24N4O3/c21-16-3-2-14-11-26-13-20(17(14)8-16)9-18-15(12-27-20)10-22-19(23-18)24-4-1-6-25-7-5-24/h2-3,8,10H,1,4-7,9,11-13,21H2. The van der Waals surface area contributed by atoms with E-state index in [1.165, 1.54) is 0 Å². The van der Waals surface area contributed by atoms with Crippen LogP contribution in [-0.4, -0.2) is 42.9 Å². The van der Waals surface area contributed by atoms with Crippen LogP contribution in [0.2, 0.25) is 0 Å². The van der Waals surface area contributed by atoms with Gasteiger partial charge in [0.2, 0.25) is 5.95 Å². The van der Waals surface area contributed by atoms with Crippen molar-refractivity contribution < 1.29 is 14.2 Å². The van der Waals surface area contributed by atoms with Gasteiger partial charge in [-0.25, -0.2) is 9.97 Å². The lowest BCUT2D eigenvalue weighted by Crippen LogP contribution is -2.44. The molecule has 3 aliphatic rings. The van der Waals surface area contributed by atoms with E-state index in [0.717, 1.165) is 60.1 Å². The third-order valence-corrected chi connectivity index (χ3v) is 5.62. The van der Waals surface area contributed by atoms with Gasteiger partial charge in [-0.1, -0.05) is 6.07 Å². The Balaban J connectivity index is 1.49. The van der Waals surface area contributed by atoms with Gasteiger partial charge in [0.1, 0.15) is 5.60 Å². The molecule has 4 heterocycles. The van der Waals surface area contributed by atoms with Gasteiger partial charge in [0, 0.05) is 43.6 Å². The van der Waals surface area contributed by atoms with E-state index < -0.39 is 5.60 Å². The highest BCUT2D eigenvalue weighted by Crippen LogP contribution is 2.41. The van der Waals surface area contributed by atoms with Crippen LogP contribution in [0.4, 0.5) is 11.6 Å². The maximum Gasteiger partial charge on any atom is 0.225 e. The molecule has 27 heavy (non-hydrogen) atoms. The van der Waals surface area contributed by atoms with Crippen LogP contribution >= 0.6 is 0 Å². The van der Waals surface area contributed by atoms with Crippen LogP contribution in [0.15, 0.2) is 24.4 Å². The molecule has 0 amide bonds. The Morgan fingerprint density at radius 2 is 2.04 bits per heavy atom. The average Bonchev–Trinajstić information content (AvgIpc) is 2.98. The molecule has 2 aromatic rings. The minimum absolute atomic E-state index is 0.482. The number of nitrogen functional groups attached to an aromatic ring is 1. The number of hydrogen-bond donors (Lipinski definition) is 1. The quantitative estimate of drug-likeness (QED) is 0.768. The van der Waals surface area contributed by atoms with Crippen molar-refractivity contribution in [2.75, 3.05) is 43.5 Å². The number of aromatic nitrogens is 2. The molecular weight excluding hydrogens is 344 g/mol. The van der Waals surface area contributed by atoms with Gasteiger partial charge in [-0.15, -0.1) is 0 Å². The molecule has 1 saturated heterocycles. The van der Waals surface area contributed by atoms with Crippen LogP contribution in [0.1, 0.15) is 28.8 Å². The van der Waals surface area contributed by atoms with Crippen LogP contribution in [0.5, 0.6) is 0 Å². The van der Waals surface area contributed by atoms with Crippen molar-refractivity contribution in [1.29, 1.82) is 0 Å². The minimum Gasteiger partial charge on any atom is -0.399 e. The van der Waals surface area contributed by atoms with E-state index in [2.05, 4.69) is 9.88 Å². The lowest BCUT2D eigenvalue weighted by molar-refractivity contribution is -0.136. The van der Waals surface area contributed by atoms with Crippen LogP contribution in [-0.2, 0) is 39.4 Å². The number of hydrogen-bond acceptors (Lipinski definition) is 7. The van der Waals surface area contributed by atoms with Crippen molar-refractivity contribution in [2.24, 2.45) is 0 Å². The molecule has 1 atom stereocenters. The molecule has 2 N–H and O–H groups in total. The van der Waals surface area contributed by atoms with Crippen molar-refractivity contribution in [2.45, 2.75) is 31.7 Å². The number of fused-ring (bicyclic) bond motifs is 3. The summed E-state index contributed by atoms with van der Waals surface area (Å²) in [6.07, 6.45) is 3.56. The van der Waals surface area contributed by atoms with Crippen LogP contribution in [0.25, 0.3) is 0 Å². The van der Waals surface area contributed by atoms with Gasteiger partial charge in [-0.05, 0) is 29.7 Å².